The lowest BCUT2D eigenvalue weighted by molar-refractivity contribution is 0.473. The highest BCUT2D eigenvalue weighted by molar-refractivity contribution is 7.89. The molecule has 0 atom stereocenters. The molecule has 3 N–H and O–H groups in total. The third-order valence-electron chi connectivity index (χ3n) is 3.62. The van der Waals surface area contributed by atoms with Crippen LogP contribution in [0.1, 0.15) is 0 Å². The SMILES string of the molecule is NS(=O)(=O)c1cc(O)cc(-c2ccc(-c3ccccc3F)cc2)c1. The summed E-state index contributed by atoms with van der Waals surface area (Å²) in [7, 11) is -3.92. The topological polar surface area (TPSA) is 80.4 Å². The van der Waals surface area contributed by atoms with Crippen molar-refractivity contribution in [2.75, 3.05) is 0 Å². The molecule has 0 aliphatic heterocycles. The normalized spacial score (nSPS) is 11.4. The van der Waals surface area contributed by atoms with Crippen molar-refractivity contribution < 1.29 is 17.9 Å². The van der Waals surface area contributed by atoms with Crippen molar-refractivity contribution in [3.05, 3.63) is 72.5 Å². The van der Waals surface area contributed by atoms with Gasteiger partial charge in [-0.15, -0.1) is 0 Å². The molecule has 0 saturated carbocycles. The molecule has 3 aromatic carbocycles. The zero-order valence-corrected chi connectivity index (χ0v) is 13.3. The Hall–Kier alpha value is -2.70. The summed E-state index contributed by atoms with van der Waals surface area (Å²) < 4.78 is 36.8. The van der Waals surface area contributed by atoms with Gasteiger partial charge in [-0.1, -0.05) is 42.5 Å². The molecule has 24 heavy (non-hydrogen) atoms. The Morgan fingerprint density at radius 1 is 0.833 bits per heavy atom. The molecule has 0 aliphatic carbocycles. The van der Waals surface area contributed by atoms with E-state index < -0.39 is 10.0 Å². The Labute approximate surface area is 139 Å². The minimum Gasteiger partial charge on any atom is -0.508 e. The molecule has 3 rings (SSSR count). The van der Waals surface area contributed by atoms with Gasteiger partial charge in [0.25, 0.3) is 0 Å². The van der Waals surface area contributed by atoms with Crippen LogP contribution in [0.4, 0.5) is 4.39 Å². The zero-order chi connectivity index (χ0) is 17.3. The van der Waals surface area contributed by atoms with Crippen LogP contribution in [0.25, 0.3) is 22.3 Å². The minimum absolute atomic E-state index is 0.171. The van der Waals surface area contributed by atoms with E-state index in [1.165, 1.54) is 18.2 Å². The van der Waals surface area contributed by atoms with Crippen molar-refractivity contribution >= 4 is 10.0 Å². The number of nitrogens with two attached hydrogens (primary N) is 1. The van der Waals surface area contributed by atoms with Crippen LogP contribution in [-0.2, 0) is 10.0 Å². The molecule has 0 unspecified atom stereocenters. The summed E-state index contributed by atoms with van der Waals surface area (Å²) in [6.45, 7) is 0. The maximum absolute atomic E-state index is 13.8. The molecule has 0 aliphatic rings. The first kappa shape index (κ1) is 16.2. The summed E-state index contributed by atoms with van der Waals surface area (Å²) in [6, 6.07) is 17.3. The number of halogens is 1. The number of primary sulfonamides is 1. The van der Waals surface area contributed by atoms with Crippen molar-refractivity contribution in [1.82, 2.24) is 0 Å². The first-order chi connectivity index (χ1) is 11.3. The Kier molecular flexibility index (Phi) is 4.09. The maximum Gasteiger partial charge on any atom is 0.238 e. The number of sulfonamides is 1. The average molecular weight is 343 g/mol. The van der Waals surface area contributed by atoms with E-state index >= 15 is 0 Å². The van der Waals surface area contributed by atoms with Crippen LogP contribution in [0.5, 0.6) is 5.75 Å². The van der Waals surface area contributed by atoms with Crippen molar-refractivity contribution in [3.8, 4) is 28.0 Å². The number of aromatic hydroxyl groups is 1. The molecule has 0 heterocycles. The molecule has 0 fully saturated rings. The highest BCUT2D eigenvalue weighted by Crippen LogP contribution is 2.30. The molecule has 0 saturated heterocycles. The molecule has 0 aromatic heterocycles. The third kappa shape index (κ3) is 3.29. The first-order valence-corrected chi connectivity index (χ1v) is 8.61. The van der Waals surface area contributed by atoms with Gasteiger partial charge in [-0.05, 0) is 41.0 Å². The zero-order valence-electron chi connectivity index (χ0n) is 12.5. The van der Waals surface area contributed by atoms with Gasteiger partial charge in [-0.3, -0.25) is 0 Å². The summed E-state index contributed by atoms with van der Waals surface area (Å²) in [5.41, 5.74) is 2.35. The molecule has 0 radical (unpaired) electrons. The number of hydrogen-bond donors (Lipinski definition) is 2. The Morgan fingerprint density at radius 3 is 2.08 bits per heavy atom. The maximum atomic E-state index is 13.8. The van der Waals surface area contributed by atoms with Gasteiger partial charge in [-0.2, -0.15) is 0 Å². The lowest BCUT2D eigenvalue weighted by atomic mass is 10.00. The van der Waals surface area contributed by atoms with Crippen molar-refractivity contribution in [3.63, 3.8) is 0 Å². The molecule has 122 valence electrons. The van der Waals surface area contributed by atoms with Gasteiger partial charge in [-0.25, -0.2) is 17.9 Å². The summed E-state index contributed by atoms with van der Waals surface area (Å²) in [5, 5.41) is 14.8. The van der Waals surface area contributed by atoms with Crippen LogP contribution in [0.15, 0.2) is 71.6 Å². The number of rotatable bonds is 3. The van der Waals surface area contributed by atoms with Crippen LogP contribution in [0, 0.1) is 5.82 Å². The van der Waals surface area contributed by atoms with Gasteiger partial charge in [0, 0.05) is 5.56 Å². The van der Waals surface area contributed by atoms with Crippen LogP contribution in [-0.4, -0.2) is 13.5 Å². The second-order valence-electron chi connectivity index (χ2n) is 5.32. The van der Waals surface area contributed by atoms with Gasteiger partial charge in [0.2, 0.25) is 10.0 Å². The van der Waals surface area contributed by atoms with E-state index in [1.54, 1.807) is 42.5 Å². The Morgan fingerprint density at radius 2 is 1.46 bits per heavy atom. The molecule has 0 bridgehead atoms. The number of phenols is 1. The van der Waals surface area contributed by atoms with Crippen molar-refractivity contribution in [1.29, 1.82) is 0 Å². The average Bonchev–Trinajstić information content (AvgIpc) is 2.54. The summed E-state index contributed by atoms with van der Waals surface area (Å²) >= 11 is 0. The number of phenolic OH excluding ortho intramolecular Hbond substituents is 1. The van der Waals surface area contributed by atoms with Gasteiger partial charge in [0.05, 0.1) is 4.90 Å². The standard InChI is InChI=1S/C18H14FNO3S/c19-18-4-2-1-3-17(18)13-7-5-12(6-8-13)14-9-15(21)11-16(10-14)24(20,22)23/h1-11,21H,(H2,20,22,23). The molecule has 3 aromatic rings. The quantitative estimate of drug-likeness (QED) is 0.763. The minimum atomic E-state index is -3.92. The molecular weight excluding hydrogens is 329 g/mol. The Bertz CT molecular complexity index is 999. The summed E-state index contributed by atoms with van der Waals surface area (Å²) in [6.07, 6.45) is 0. The van der Waals surface area contributed by atoms with E-state index in [9.17, 15) is 17.9 Å². The van der Waals surface area contributed by atoms with E-state index in [0.717, 1.165) is 6.07 Å². The summed E-state index contributed by atoms with van der Waals surface area (Å²) in [5.74, 6) is -0.520. The molecule has 0 spiro atoms. The van der Waals surface area contributed by atoms with E-state index in [-0.39, 0.29) is 16.5 Å². The van der Waals surface area contributed by atoms with Gasteiger partial charge < -0.3 is 5.11 Å². The van der Waals surface area contributed by atoms with Gasteiger partial charge >= 0.3 is 0 Å². The lowest BCUT2D eigenvalue weighted by Gasteiger charge is -2.08. The number of hydrogen-bond acceptors (Lipinski definition) is 3. The van der Waals surface area contributed by atoms with Crippen LogP contribution < -0.4 is 5.14 Å². The fourth-order valence-electron chi connectivity index (χ4n) is 2.45. The third-order valence-corrected chi connectivity index (χ3v) is 4.52. The number of benzene rings is 3. The predicted molar refractivity (Wildman–Crippen MR) is 90.3 cm³/mol. The van der Waals surface area contributed by atoms with Crippen LogP contribution in [0.3, 0.4) is 0 Å². The predicted octanol–water partition coefficient (Wildman–Crippen LogP) is 3.51. The second kappa shape index (κ2) is 6.07. The highest BCUT2D eigenvalue weighted by Gasteiger charge is 2.12. The monoisotopic (exact) mass is 343 g/mol. The molecular formula is C18H14FNO3S. The highest BCUT2D eigenvalue weighted by atomic mass is 32.2. The largest absolute Gasteiger partial charge is 0.508 e. The molecule has 0 amide bonds. The van der Waals surface area contributed by atoms with E-state index in [2.05, 4.69) is 0 Å². The van der Waals surface area contributed by atoms with Crippen LogP contribution in [0.2, 0.25) is 0 Å². The van der Waals surface area contributed by atoms with E-state index in [0.29, 0.717) is 22.3 Å². The molecule has 4 nitrogen and oxygen atoms in total. The smallest absolute Gasteiger partial charge is 0.238 e. The van der Waals surface area contributed by atoms with Gasteiger partial charge in [0.1, 0.15) is 11.6 Å². The van der Waals surface area contributed by atoms with Crippen LogP contribution >= 0.6 is 0 Å². The first-order valence-electron chi connectivity index (χ1n) is 7.07. The second-order valence-corrected chi connectivity index (χ2v) is 6.88. The fourth-order valence-corrected chi connectivity index (χ4v) is 3.03. The lowest BCUT2D eigenvalue weighted by Crippen LogP contribution is -2.12. The van der Waals surface area contributed by atoms with Gasteiger partial charge in [0.15, 0.2) is 0 Å². The van der Waals surface area contributed by atoms with E-state index in [1.807, 2.05) is 0 Å². The molecule has 6 heteroatoms. The van der Waals surface area contributed by atoms with Crippen molar-refractivity contribution in [2.45, 2.75) is 4.90 Å². The van der Waals surface area contributed by atoms with E-state index in [4.69, 9.17) is 5.14 Å². The summed E-state index contributed by atoms with van der Waals surface area (Å²) in [4.78, 5) is -0.171. The van der Waals surface area contributed by atoms with Crippen molar-refractivity contribution in [2.24, 2.45) is 5.14 Å². The Balaban J connectivity index is 2.03. The fraction of sp³-hybridized carbons (Fsp3) is 0.